The molecule has 0 bridgehead atoms. The van der Waals surface area contributed by atoms with Crippen LogP contribution < -0.4 is 5.32 Å². The van der Waals surface area contributed by atoms with Crippen molar-refractivity contribution in [1.82, 2.24) is 10.3 Å². The van der Waals surface area contributed by atoms with Crippen LogP contribution in [0.25, 0.3) is 27.2 Å². The second-order valence-electron chi connectivity index (χ2n) is 8.00. The highest BCUT2D eigenvalue weighted by molar-refractivity contribution is 5.83. The van der Waals surface area contributed by atoms with Crippen molar-refractivity contribution >= 4 is 5.69 Å². The van der Waals surface area contributed by atoms with Gasteiger partial charge < -0.3 is 5.32 Å². The van der Waals surface area contributed by atoms with Crippen LogP contribution in [0.4, 0.5) is 5.69 Å². The fourth-order valence-corrected chi connectivity index (χ4v) is 4.10. The van der Waals surface area contributed by atoms with Gasteiger partial charge in [-0.3, -0.25) is 4.98 Å². The predicted octanol–water partition coefficient (Wildman–Crippen LogP) is 6.61. The fraction of sp³-hybridized carbons (Fsp3) is 0.143. The Bertz CT molecular complexity index is 1210. The van der Waals surface area contributed by atoms with Gasteiger partial charge in [0.05, 0.1) is 12.3 Å². The van der Waals surface area contributed by atoms with E-state index >= 15 is 0 Å². The summed E-state index contributed by atoms with van der Waals surface area (Å²) in [5, 5.41) is 3.68. The Morgan fingerprint density at radius 3 is 2.29 bits per heavy atom. The van der Waals surface area contributed by atoms with Gasteiger partial charge >= 0.3 is 0 Å². The van der Waals surface area contributed by atoms with E-state index in [1.54, 1.807) is 6.20 Å². The van der Waals surface area contributed by atoms with Crippen molar-refractivity contribution in [2.45, 2.75) is 24.9 Å². The fourth-order valence-electron chi connectivity index (χ4n) is 4.10. The first-order chi connectivity index (χ1) is 15.3. The van der Waals surface area contributed by atoms with E-state index in [2.05, 4.69) is 81.9 Å². The van der Waals surface area contributed by atoms with Gasteiger partial charge in [0.25, 0.3) is 0 Å². The van der Waals surface area contributed by atoms with Crippen molar-refractivity contribution < 1.29 is 0 Å². The maximum Gasteiger partial charge on any atom is 0.205 e. The van der Waals surface area contributed by atoms with Crippen LogP contribution in [-0.4, -0.2) is 11.0 Å². The van der Waals surface area contributed by atoms with E-state index in [0.717, 1.165) is 28.9 Å². The smallest absolute Gasteiger partial charge is 0.205 e. The predicted molar refractivity (Wildman–Crippen MR) is 126 cm³/mol. The molecule has 4 aromatic rings. The average Bonchev–Trinajstić information content (AvgIpc) is 3.64. The molecule has 31 heavy (non-hydrogen) atoms. The minimum absolute atomic E-state index is 0.556. The highest BCUT2D eigenvalue weighted by Crippen LogP contribution is 2.40. The van der Waals surface area contributed by atoms with Crippen molar-refractivity contribution in [3.63, 3.8) is 0 Å². The molecule has 0 spiro atoms. The lowest BCUT2D eigenvalue weighted by molar-refractivity contribution is 0.673. The van der Waals surface area contributed by atoms with Crippen molar-refractivity contribution in [1.29, 1.82) is 0 Å². The van der Waals surface area contributed by atoms with Crippen LogP contribution in [0.3, 0.4) is 0 Å². The third-order valence-electron chi connectivity index (χ3n) is 5.90. The van der Waals surface area contributed by atoms with Gasteiger partial charge in [-0.25, -0.2) is 4.85 Å². The minimum atomic E-state index is 0.556. The SMILES string of the molecule is [C-]#[N+]c1cnc(-c2ccc(CN[C@H]3C[C@@H]3c3ccccc3)cc2)c(-c2ccccc2)c1. The summed E-state index contributed by atoms with van der Waals surface area (Å²) in [6.07, 6.45) is 2.86. The van der Waals surface area contributed by atoms with E-state index in [-0.39, 0.29) is 0 Å². The molecule has 0 saturated heterocycles. The molecule has 3 aromatic carbocycles. The lowest BCUT2D eigenvalue weighted by Crippen LogP contribution is -2.17. The van der Waals surface area contributed by atoms with Gasteiger partial charge in [0.15, 0.2) is 0 Å². The zero-order valence-electron chi connectivity index (χ0n) is 17.2. The number of hydrogen-bond donors (Lipinski definition) is 1. The zero-order valence-corrected chi connectivity index (χ0v) is 17.2. The van der Waals surface area contributed by atoms with Gasteiger partial charge in [-0.15, -0.1) is 0 Å². The van der Waals surface area contributed by atoms with Crippen molar-refractivity contribution in [2.24, 2.45) is 0 Å². The second kappa shape index (κ2) is 8.55. The van der Waals surface area contributed by atoms with Crippen molar-refractivity contribution in [3.05, 3.63) is 120 Å². The molecule has 0 aliphatic heterocycles. The van der Waals surface area contributed by atoms with E-state index in [1.165, 1.54) is 17.5 Å². The largest absolute Gasteiger partial charge is 0.309 e. The van der Waals surface area contributed by atoms with Crippen LogP contribution in [0, 0.1) is 6.57 Å². The number of hydrogen-bond acceptors (Lipinski definition) is 2. The number of pyridine rings is 1. The molecule has 0 unspecified atom stereocenters. The first-order valence-corrected chi connectivity index (χ1v) is 10.6. The lowest BCUT2D eigenvalue weighted by Gasteiger charge is -2.11. The Labute approximate surface area is 183 Å². The van der Waals surface area contributed by atoms with Gasteiger partial charge in [-0.05, 0) is 34.7 Å². The van der Waals surface area contributed by atoms with Crippen LogP contribution in [0.15, 0.2) is 97.2 Å². The summed E-state index contributed by atoms with van der Waals surface area (Å²) in [6.45, 7) is 8.20. The molecule has 0 radical (unpaired) electrons. The summed E-state index contributed by atoms with van der Waals surface area (Å²) >= 11 is 0. The normalized spacial score (nSPS) is 17.1. The van der Waals surface area contributed by atoms with Crippen LogP contribution in [0.2, 0.25) is 0 Å². The molecule has 1 aromatic heterocycles. The molecule has 2 atom stereocenters. The van der Waals surface area contributed by atoms with Crippen LogP contribution in [-0.2, 0) is 6.54 Å². The molecule has 5 rings (SSSR count). The van der Waals surface area contributed by atoms with Crippen molar-refractivity contribution in [2.75, 3.05) is 0 Å². The Hall–Kier alpha value is -3.74. The molecular weight excluding hydrogens is 378 g/mol. The highest BCUT2D eigenvalue weighted by Gasteiger charge is 2.37. The summed E-state index contributed by atoms with van der Waals surface area (Å²) < 4.78 is 0. The first kappa shape index (κ1) is 19.2. The molecule has 0 amide bonds. The van der Waals surface area contributed by atoms with Crippen LogP contribution in [0.1, 0.15) is 23.5 Å². The van der Waals surface area contributed by atoms with Crippen LogP contribution >= 0.6 is 0 Å². The molecule has 1 N–H and O–H groups in total. The Morgan fingerprint density at radius 2 is 1.58 bits per heavy atom. The number of benzene rings is 3. The quantitative estimate of drug-likeness (QED) is 0.368. The minimum Gasteiger partial charge on any atom is -0.309 e. The molecule has 1 fully saturated rings. The monoisotopic (exact) mass is 401 g/mol. The molecule has 3 heteroatoms. The first-order valence-electron chi connectivity index (χ1n) is 10.6. The standard InChI is InChI=1S/C28H23N3/c1-29-24-16-26(22-10-6-3-7-11-22)28(31-19-24)23-14-12-20(13-15-23)18-30-27-17-25(27)21-8-4-2-5-9-21/h2-16,19,25,27,30H,17-18H2/t25-,27+/m1/s1. The Morgan fingerprint density at radius 1 is 0.871 bits per heavy atom. The maximum atomic E-state index is 7.34. The van der Waals surface area contributed by atoms with E-state index in [4.69, 9.17) is 6.57 Å². The van der Waals surface area contributed by atoms with Gasteiger partial charge in [-0.1, -0.05) is 84.9 Å². The molecule has 150 valence electrons. The zero-order chi connectivity index (χ0) is 21.0. The number of nitrogens with one attached hydrogen (secondary N) is 1. The summed E-state index contributed by atoms with van der Waals surface area (Å²) in [4.78, 5) is 8.18. The van der Waals surface area contributed by atoms with E-state index < -0.39 is 0 Å². The van der Waals surface area contributed by atoms with E-state index in [0.29, 0.717) is 17.6 Å². The molecule has 3 nitrogen and oxygen atoms in total. The molecule has 1 saturated carbocycles. The lowest BCUT2D eigenvalue weighted by atomic mass is 9.98. The summed E-state index contributed by atoms with van der Waals surface area (Å²) in [7, 11) is 0. The topological polar surface area (TPSA) is 29.3 Å². The van der Waals surface area contributed by atoms with Crippen LogP contribution in [0.5, 0.6) is 0 Å². The summed E-state index contributed by atoms with van der Waals surface area (Å²) in [6, 6.07) is 32.0. The highest BCUT2D eigenvalue weighted by atomic mass is 15.0. The Kier molecular flexibility index (Phi) is 5.31. The third-order valence-corrected chi connectivity index (χ3v) is 5.90. The van der Waals surface area contributed by atoms with Gasteiger partial charge in [0.1, 0.15) is 0 Å². The average molecular weight is 402 g/mol. The molecule has 1 aliphatic rings. The van der Waals surface area contributed by atoms with Gasteiger partial charge in [0, 0.05) is 30.3 Å². The summed E-state index contributed by atoms with van der Waals surface area (Å²) in [5.41, 5.74) is 7.28. The van der Waals surface area contributed by atoms with Gasteiger partial charge in [0.2, 0.25) is 5.69 Å². The van der Waals surface area contributed by atoms with E-state index in [1.807, 2.05) is 24.3 Å². The number of aromatic nitrogens is 1. The van der Waals surface area contributed by atoms with E-state index in [9.17, 15) is 0 Å². The van der Waals surface area contributed by atoms with Crippen molar-refractivity contribution in [3.8, 4) is 22.4 Å². The summed E-state index contributed by atoms with van der Waals surface area (Å²) in [5.74, 6) is 0.638. The van der Waals surface area contributed by atoms with Gasteiger partial charge in [-0.2, -0.15) is 0 Å². The molecule has 1 aliphatic carbocycles. The maximum absolute atomic E-state index is 7.34. The number of nitrogens with zero attached hydrogens (tertiary/aromatic N) is 2. The third kappa shape index (κ3) is 4.26. The molecule has 1 heterocycles. The number of rotatable bonds is 6. The Balaban J connectivity index is 1.31. The molecular formula is C28H23N3. The second-order valence-corrected chi connectivity index (χ2v) is 8.00.